The molecule has 2 fully saturated rings. The Labute approximate surface area is 230 Å². The molecule has 210 valence electrons. The third-order valence-corrected chi connectivity index (χ3v) is 7.98. The summed E-state index contributed by atoms with van der Waals surface area (Å²) in [6, 6.07) is 14.6. The van der Waals surface area contributed by atoms with Gasteiger partial charge in [0.1, 0.15) is 11.0 Å². The van der Waals surface area contributed by atoms with Gasteiger partial charge in [-0.05, 0) is 43.3 Å². The minimum Gasteiger partial charge on any atom is -0.444 e. The van der Waals surface area contributed by atoms with Gasteiger partial charge in [0.15, 0.2) is 0 Å². The second kappa shape index (κ2) is 12.4. The van der Waals surface area contributed by atoms with Crippen molar-refractivity contribution in [1.29, 1.82) is 0 Å². The Balaban J connectivity index is 0.00000144. The van der Waals surface area contributed by atoms with Crippen molar-refractivity contribution in [1.82, 2.24) is 14.8 Å². The van der Waals surface area contributed by atoms with Crippen LogP contribution in [0.5, 0.6) is 0 Å². The minimum atomic E-state index is -3.89. The topological polar surface area (TPSA) is 118 Å². The third kappa shape index (κ3) is 6.48. The molecule has 0 bridgehead atoms. The molecule has 1 N–H and O–H groups in total. The maximum Gasteiger partial charge on any atom is 0.410 e. The van der Waals surface area contributed by atoms with Gasteiger partial charge >= 0.3 is 6.09 Å². The van der Waals surface area contributed by atoms with Crippen molar-refractivity contribution in [2.45, 2.75) is 44.2 Å². The van der Waals surface area contributed by atoms with E-state index in [2.05, 4.69) is 9.71 Å². The van der Waals surface area contributed by atoms with Crippen LogP contribution in [0.15, 0.2) is 65.7 Å². The number of hydrogen-bond acceptors (Lipinski definition) is 7. The van der Waals surface area contributed by atoms with Gasteiger partial charge in [0, 0.05) is 56.4 Å². The molecule has 2 aliphatic rings. The zero-order valence-corrected chi connectivity index (χ0v) is 23.2. The third-order valence-electron chi connectivity index (χ3n) is 6.57. The molecule has 3 heterocycles. The van der Waals surface area contributed by atoms with Crippen LogP contribution in [0, 0.1) is 0 Å². The van der Waals surface area contributed by atoms with Crippen LogP contribution in [0.25, 0.3) is 10.9 Å². The van der Waals surface area contributed by atoms with E-state index in [9.17, 15) is 18.0 Å². The van der Waals surface area contributed by atoms with Gasteiger partial charge in [-0.3, -0.25) is 14.5 Å². The lowest BCUT2D eigenvalue weighted by Gasteiger charge is -2.39. The lowest BCUT2D eigenvalue weighted by atomic mass is 10.1. The molecule has 2 saturated heterocycles. The molecule has 2 amide bonds. The lowest BCUT2D eigenvalue weighted by molar-refractivity contribution is 0.0258. The molecule has 2 aromatic carbocycles. The summed E-state index contributed by atoms with van der Waals surface area (Å²) in [7, 11) is -3.89. The number of aromatic nitrogens is 1. The maximum atomic E-state index is 13.2. The monoisotopic (exact) mass is 556 g/mol. The van der Waals surface area contributed by atoms with Gasteiger partial charge in [0.05, 0.1) is 18.7 Å². The highest BCUT2D eigenvalue weighted by molar-refractivity contribution is 7.93. The highest BCUT2D eigenvalue weighted by atomic mass is 32.2. The normalized spacial score (nSPS) is 19.3. The molecule has 2 atom stereocenters. The van der Waals surface area contributed by atoms with Crippen molar-refractivity contribution in [2.24, 2.45) is 0 Å². The Morgan fingerprint density at radius 3 is 2.51 bits per heavy atom. The van der Waals surface area contributed by atoms with E-state index in [-0.39, 0.29) is 30.5 Å². The molecule has 0 spiro atoms. The number of fused-ring (bicyclic) bond motifs is 1. The summed E-state index contributed by atoms with van der Waals surface area (Å²) < 4.78 is 39.4. The largest absolute Gasteiger partial charge is 0.444 e. The Kier molecular flexibility index (Phi) is 9.03. The molecule has 0 aliphatic carbocycles. The van der Waals surface area contributed by atoms with E-state index >= 15 is 0 Å². The Hall–Kier alpha value is -3.70. The number of para-hydroxylation sites is 1. The number of nitrogens with one attached hydrogen (secondary N) is 1. The van der Waals surface area contributed by atoms with Gasteiger partial charge in [-0.1, -0.05) is 32.0 Å². The molecule has 0 radical (unpaired) electrons. The molecule has 1 aromatic heterocycles. The van der Waals surface area contributed by atoms with Crippen LogP contribution in [0.1, 0.15) is 39.0 Å². The van der Waals surface area contributed by atoms with Crippen molar-refractivity contribution in [3.8, 4) is 0 Å². The van der Waals surface area contributed by atoms with Crippen LogP contribution in [-0.2, 0) is 19.5 Å². The molecule has 2 aliphatic heterocycles. The first-order chi connectivity index (χ1) is 18.8. The summed E-state index contributed by atoms with van der Waals surface area (Å²) in [6.07, 6.45) is 1.66. The van der Waals surface area contributed by atoms with Crippen molar-refractivity contribution in [3.63, 3.8) is 0 Å². The average Bonchev–Trinajstić information content (AvgIpc) is 3.46. The van der Waals surface area contributed by atoms with E-state index in [1.165, 1.54) is 6.07 Å². The number of carbonyl (C=O) groups is 2. The van der Waals surface area contributed by atoms with E-state index in [0.29, 0.717) is 56.0 Å². The van der Waals surface area contributed by atoms with Gasteiger partial charge < -0.3 is 19.3 Å². The second-order valence-corrected chi connectivity index (χ2v) is 10.8. The van der Waals surface area contributed by atoms with Crippen molar-refractivity contribution < 1.29 is 28.9 Å². The molecular formula is C28H36N4O6S. The fourth-order valence-corrected chi connectivity index (χ4v) is 5.84. The van der Waals surface area contributed by atoms with E-state index < -0.39 is 10.0 Å². The molecule has 5 rings (SSSR count). The van der Waals surface area contributed by atoms with E-state index in [1.54, 1.807) is 64.5 Å². The zero-order valence-electron chi connectivity index (χ0n) is 22.4. The van der Waals surface area contributed by atoms with E-state index in [4.69, 9.17) is 9.47 Å². The number of sulfonamides is 1. The number of hydrogen-bond donors (Lipinski definition) is 1. The predicted molar refractivity (Wildman–Crippen MR) is 150 cm³/mol. The standard InChI is InChI=1S/C26H28N4O6S.C2H6.H2/c1-18-16-29(26(32)36-22-11-15-35-17-22)13-14-30(18)25(31)20-7-9-21(10-8-20)28-37(33,34)23-6-2-4-19-5-3-12-27-24(19)23;1-2;/h2-10,12,18,22,28H,11,13-17H2,1H3;1-2H3;1H/t18-,22-;;/m1../s1. The Bertz CT molecular complexity index is 1410. The quantitative estimate of drug-likeness (QED) is 0.496. The molecule has 39 heavy (non-hydrogen) atoms. The fourth-order valence-electron chi connectivity index (χ4n) is 4.60. The van der Waals surface area contributed by atoms with Crippen molar-refractivity contribution in [2.75, 3.05) is 37.6 Å². The molecule has 0 saturated carbocycles. The van der Waals surface area contributed by atoms with Crippen molar-refractivity contribution in [3.05, 3.63) is 66.4 Å². The Morgan fingerprint density at radius 2 is 1.82 bits per heavy atom. The van der Waals surface area contributed by atoms with Crippen LogP contribution in [-0.4, -0.2) is 80.2 Å². The predicted octanol–water partition coefficient (Wildman–Crippen LogP) is 4.38. The van der Waals surface area contributed by atoms with Gasteiger partial charge in [-0.2, -0.15) is 0 Å². The van der Waals surface area contributed by atoms with Crippen LogP contribution in [0.3, 0.4) is 0 Å². The molecule has 3 aromatic rings. The lowest BCUT2D eigenvalue weighted by Crippen LogP contribution is -2.55. The number of anilines is 1. The highest BCUT2D eigenvalue weighted by Gasteiger charge is 2.32. The molecule has 11 heteroatoms. The number of ether oxygens (including phenoxy) is 2. The maximum absolute atomic E-state index is 13.2. The summed E-state index contributed by atoms with van der Waals surface area (Å²) in [5.74, 6) is -0.183. The first-order valence-electron chi connectivity index (χ1n) is 13.1. The van der Waals surface area contributed by atoms with E-state index in [1.807, 2.05) is 20.8 Å². The average molecular weight is 557 g/mol. The first-order valence-corrected chi connectivity index (χ1v) is 14.6. The highest BCUT2D eigenvalue weighted by Crippen LogP contribution is 2.24. The number of benzene rings is 2. The summed E-state index contributed by atoms with van der Waals surface area (Å²) in [5, 5.41) is 0.723. The van der Waals surface area contributed by atoms with Crippen LogP contribution >= 0.6 is 0 Å². The van der Waals surface area contributed by atoms with Gasteiger partial charge in [0.2, 0.25) is 0 Å². The van der Waals surface area contributed by atoms with Crippen LogP contribution in [0.2, 0.25) is 0 Å². The minimum absolute atomic E-state index is 0. The van der Waals surface area contributed by atoms with Crippen molar-refractivity contribution >= 4 is 38.6 Å². The van der Waals surface area contributed by atoms with Crippen LogP contribution in [0.4, 0.5) is 10.5 Å². The SMILES string of the molecule is CC.C[C@@H]1CN(C(=O)O[C@@H]2CCOC2)CCN1C(=O)c1ccc(NS(=O)(=O)c2cccc3cccnc23)cc1.[HH]. The number of pyridine rings is 1. The number of carbonyl (C=O) groups excluding carboxylic acids is 2. The van der Waals surface area contributed by atoms with Gasteiger partial charge in [0.25, 0.3) is 15.9 Å². The fraction of sp³-hybridized carbons (Fsp3) is 0.393. The Morgan fingerprint density at radius 1 is 1.08 bits per heavy atom. The first kappa shape index (κ1) is 28.3. The van der Waals surface area contributed by atoms with E-state index in [0.717, 1.165) is 5.39 Å². The number of amides is 2. The molecule has 10 nitrogen and oxygen atoms in total. The number of rotatable bonds is 5. The number of piperazine rings is 1. The zero-order chi connectivity index (χ0) is 28.0. The van der Waals surface area contributed by atoms with Crippen LogP contribution < -0.4 is 4.72 Å². The number of nitrogens with zero attached hydrogens (tertiary/aromatic N) is 3. The summed E-state index contributed by atoms with van der Waals surface area (Å²) >= 11 is 0. The smallest absolute Gasteiger partial charge is 0.410 e. The molecule has 0 unspecified atom stereocenters. The summed E-state index contributed by atoms with van der Waals surface area (Å²) in [6.45, 7) is 8.02. The summed E-state index contributed by atoms with van der Waals surface area (Å²) in [4.78, 5) is 33.2. The van der Waals surface area contributed by atoms with Gasteiger partial charge in [-0.25, -0.2) is 13.2 Å². The van der Waals surface area contributed by atoms with Gasteiger partial charge in [-0.15, -0.1) is 0 Å². The summed E-state index contributed by atoms with van der Waals surface area (Å²) in [5.41, 5.74) is 1.15. The second-order valence-electron chi connectivity index (χ2n) is 9.18. The molecular weight excluding hydrogens is 520 g/mol.